The molecule has 1 aliphatic carbocycles. The van der Waals surface area contributed by atoms with E-state index in [1.165, 1.54) is 0 Å². The molecule has 1 saturated carbocycles. The number of para-hydroxylation sites is 1. The van der Waals surface area contributed by atoms with Crippen LogP contribution in [-0.2, 0) is 26.3 Å². The summed E-state index contributed by atoms with van der Waals surface area (Å²) < 4.78 is 5.45. The molecule has 3 aromatic rings. The van der Waals surface area contributed by atoms with E-state index in [1.807, 2.05) is 58.3 Å². The lowest BCUT2D eigenvalue weighted by Crippen LogP contribution is -2.48. The zero-order chi connectivity index (χ0) is 29.5. The Morgan fingerprint density at radius 3 is 2.24 bits per heavy atom. The normalized spacial score (nSPS) is 21.3. The zero-order valence-corrected chi connectivity index (χ0v) is 24.2. The van der Waals surface area contributed by atoms with Crippen molar-refractivity contribution in [3.8, 4) is 0 Å². The number of ether oxygens (including phenoxy) is 1. The van der Waals surface area contributed by atoms with Crippen molar-refractivity contribution in [2.75, 3.05) is 31.2 Å². The van der Waals surface area contributed by atoms with Crippen LogP contribution >= 0.6 is 0 Å². The summed E-state index contributed by atoms with van der Waals surface area (Å²) in [4.78, 5) is 43.2. The predicted molar refractivity (Wildman–Crippen MR) is 163 cm³/mol. The van der Waals surface area contributed by atoms with Crippen LogP contribution in [0, 0.1) is 5.92 Å². The molecule has 8 heteroatoms. The quantitative estimate of drug-likeness (QED) is 0.402. The fraction of sp³-hybridized carbons (Fsp3) is 0.382. The van der Waals surface area contributed by atoms with Crippen molar-refractivity contribution in [2.24, 2.45) is 11.7 Å². The van der Waals surface area contributed by atoms with E-state index < -0.39 is 17.4 Å². The standard InChI is InChI=1S/C34H40N4O4/c1-34(19-9-8-14-29(34)32(40)36-30(31(35)39)26-10-4-2-5-11-26)27-17-15-25(16-18-27)24-38(28-12-6-3-7-13-28)33(41)37-20-22-42-23-21-37/h2-7,10-13,15-18,29-30H,8-9,14,19-24H2,1H3,(H2,35,39)(H,36,40)/t29-,30?,34?/m0/s1. The maximum atomic E-state index is 13.7. The third-order valence-electron chi connectivity index (χ3n) is 8.76. The van der Waals surface area contributed by atoms with Gasteiger partial charge in [0.15, 0.2) is 0 Å². The number of benzene rings is 3. The van der Waals surface area contributed by atoms with E-state index in [0.717, 1.165) is 42.5 Å². The number of hydrogen-bond acceptors (Lipinski definition) is 4. The monoisotopic (exact) mass is 568 g/mol. The molecular formula is C34H40N4O4. The Bertz CT molecular complexity index is 1360. The first-order chi connectivity index (χ1) is 20.4. The van der Waals surface area contributed by atoms with Crippen molar-refractivity contribution in [1.82, 2.24) is 10.2 Å². The molecular weight excluding hydrogens is 528 g/mol. The molecule has 2 aliphatic rings. The molecule has 220 valence electrons. The van der Waals surface area contributed by atoms with Crippen LogP contribution in [0.3, 0.4) is 0 Å². The summed E-state index contributed by atoms with van der Waals surface area (Å²) in [5, 5.41) is 2.96. The number of nitrogens with one attached hydrogen (secondary N) is 1. The molecule has 3 atom stereocenters. The predicted octanol–water partition coefficient (Wildman–Crippen LogP) is 4.94. The van der Waals surface area contributed by atoms with Gasteiger partial charge in [0, 0.05) is 30.1 Å². The number of primary amides is 1. The van der Waals surface area contributed by atoms with Crippen LogP contribution in [-0.4, -0.2) is 49.0 Å². The first-order valence-electron chi connectivity index (χ1n) is 14.8. The summed E-state index contributed by atoms with van der Waals surface area (Å²) in [5.74, 6) is -1.03. The second kappa shape index (κ2) is 13.2. The van der Waals surface area contributed by atoms with E-state index in [1.54, 1.807) is 12.1 Å². The lowest BCUT2D eigenvalue weighted by Gasteiger charge is -2.41. The van der Waals surface area contributed by atoms with Crippen molar-refractivity contribution in [2.45, 2.75) is 50.6 Å². The van der Waals surface area contributed by atoms with Gasteiger partial charge in [0.25, 0.3) is 0 Å². The van der Waals surface area contributed by atoms with Crippen LogP contribution in [0.4, 0.5) is 10.5 Å². The number of carbonyl (C=O) groups excluding carboxylic acids is 3. The third kappa shape index (κ3) is 6.49. The summed E-state index contributed by atoms with van der Waals surface area (Å²) in [6, 6.07) is 26.2. The van der Waals surface area contributed by atoms with Gasteiger partial charge in [-0.25, -0.2) is 4.79 Å². The minimum Gasteiger partial charge on any atom is -0.378 e. The zero-order valence-electron chi connectivity index (χ0n) is 24.2. The number of urea groups is 1. The van der Waals surface area contributed by atoms with E-state index in [9.17, 15) is 14.4 Å². The molecule has 1 saturated heterocycles. The van der Waals surface area contributed by atoms with Crippen LogP contribution in [0.1, 0.15) is 55.3 Å². The number of nitrogens with zero attached hydrogens (tertiary/aromatic N) is 2. The number of amides is 4. The van der Waals surface area contributed by atoms with Gasteiger partial charge in [-0.1, -0.05) is 92.6 Å². The number of nitrogens with two attached hydrogens (primary N) is 1. The number of rotatable bonds is 8. The fourth-order valence-electron chi connectivity index (χ4n) is 6.28. The summed E-state index contributed by atoms with van der Waals surface area (Å²) in [6.07, 6.45) is 3.58. The summed E-state index contributed by atoms with van der Waals surface area (Å²) in [7, 11) is 0. The van der Waals surface area contributed by atoms with Gasteiger partial charge in [-0.05, 0) is 41.7 Å². The highest BCUT2D eigenvalue weighted by Crippen LogP contribution is 2.44. The van der Waals surface area contributed by atoms with Gasteiger partial charge in [0.05, 0.1) is 19.8 Å². The van der Waals surface area contributed by atoms with Gasteiger partial charge in [-0.15, -0.1) is 0 Å². The second-order valence-electron chi connectivity index (χ2n) is 11.5. The highest BCUT2D eigenvalue weighted by molar-refractivity contribution is 5.92. The molecule has 8 nitrogen and oxygen atoms in total. The smallest absolute Gasteiger partial charge is 0.324 e. The number of morpholine rings is 1. The number of anilines is 1. The molecule has 2 fully saturated rings. The van der Waals surface area contributed by atoms with Crippen molar-refractivity contribution >= 4 is 23.5 Å². The van der Waals surface area contributed by atoms with Gasteiger partial charge in [-0.3, -0.25) is 14.5 Å². The van der Waals surface area contributed by atoms with Gasteiger partial charge in [0.1, 0.15) is 6.04 Å². The van der Waals surface area contributed by atoms with Gasteiger partial charge in [-0.2, -0.15) is 0 Å². The van der Waals surface area contributed by atoms with E-state index in [0.29, 0.717) is 38.4 Å². The van der Waals surface area contributed by atoms with Gasteiger partial charge in [0.2, 0.25) is 11.8 Å². The Morgan fingerprint density at radius 2 is 1.60 bits per heavy atom. The number of hydrogen-bond donors (Lipinski definition) is 2. The Kier molecular flexibility index (Phi) is 9.22. The molecule has 4 amide bonds. The SMILES string of the molecule is CC1(c2ccc(CN(C(=O)N3CCOCC3)c3ccccc3)cc2)CCCC[C@H]1C(=O)NC(C(N)=O)c1ccccc1. The maximum Gasteiger partial charge on any atom is 0.324 e. The Morgan fingerprint density at radius 1 is 0.952 bits per heavy atom. The first-order valence-corrected chi connectivity index (χ1v) is 14.8. The highest BCUT2D eigenvalue weighted by atomic mass is 16.5. The highest BCUT2D eigenvalue weighted by Gasteiger charge is 2.43. The minimum atomic E-state index is -0.875. The molecule has 0 spiro atoms. The van der Waals surface area contributed by atoms with Crippen LogP contribution in [0.25, 0.3) is 0 Å². The Labute approximate surface area is 247 Å². The third-order valence-corrected chi connectivity index (χ3v) is 8.76. The number of carbonyl (C=O) groups is 3. The van der Waals surface area contributed by atoms with Gasteiger partial charge < -0.3 is 20.7 Å². The second-order valence-corrected chi connectivity index (χ2v) is 11.5. The van der Waals surface area contributed by atoms with Crippen LogP contribution in [0.15, 0.2) is 84.9 Å². The molecule has 0 bridgehead atoms. The lowest BCUT2D eigenvalue weighted by molar-refractivity contribution is -0.132. The summed E-state index contributed by atoms with van der Waals surface area (Å²) in [5.41, 5.74) is 8.90. The molecule has 1 heterocycles. The minimum absolute atomic E-state index is 0.0352. The van der Waals surface area contributed by atoms with Crippen LogP contribution in [0.2, 0.25) is 0 Å². The lowest BCUT2D eigenvalue weighted by atomic mass is 9.63. The summed E-state index contributed by atoms with van der Waals surface area (Å²) >= 11 is 0. The molecule has 1 aliphatic heterocycles. The molecule has 42 heavy (non-hydrogen) atoms. The molecule has 5 rings (SSSR count). The Hall–Kier alpha value is -4.17. The molecule has 3 N–H and O–H groups in total. The van der Waals surface area contributed by atoms with Crippen molar-refractivity contribution < 1.29 is 19.1 Å². The van der Waals surface area contributed by atoms with Crippen LogP contribution in [0.5, 0.6) is 0 Å². The molecule has 0 aromatic heterocycles. The van der Waals surface area contributed by atoms with E-state index in [-0.39, 0.29) is 17.9 Å². The van der Waals surface area contributed by atoms with Crippen molar-refractivity contribution in [3.63, 3.8) is 0 Å². The molecule has 3 aromatic carbocycles. The van der Waals surface area contributed by atoms with E-state index in [4.69, 9.17) is 10.5 Å². The average Bonchev–Trinajstić information content (AvgIpc) is 3.03. The molecule has 0 radical (unpaired) electrons. The topological polar surface area (TPSA) is 105 Å². The van der Waals surface area contributed by atoms with Gasteiger partial charge >= 0.3 is 6.03 Å². The van der Waals surface area contributed by atoms with Crippen molar-refractivity contribution in [3.05, 3.63) is 102 Å². The maximum absolute atomic E-state index is 13.7. The Balaban J connectivity index is 1.35. The summed E-state index contributed by atoms with van der Waals surface area (Å²) in [6.45, 7) is 4.81. The van der Waals surface area contributed by atoms with E-state index >= 15 is 0 Å². The van der Waals surface area contributed by atoms with Crippen molar-refractivity contribution in [1.29, 1.82) is 0 Å². The largest absolute Gasteiger partial charge is 0.378 e. The average molecular weight is 569 g/mol. The first kappa shape index (κ1) is 29.3. The van der Waals surface area contributed by atoms with E-state index in [2.05, 4.69) is 36.5 Å². The fourth-order valence-corrected chi connectivity index (χ4v) is 6.28. The molecule has 2 unspecified atom stereocenters. The van der Waals surface area contributed by atoms with Crippen LogP contribution < -0.4 is 16.0 Å².